The summed E-state index contributed by atoms with van der Waals surface area (Å²) in [5, 5.41) is 14.7. The van der Waals surface area contributed by atoms with Crippen LogP contribution in [0.1, 0.15) is 35.6 Å². The Balaban J connectivity index is 1.66. The van der Waals surface area contributed by atoms with Crippen LogP contribution in [0.15, 0.2) is 66.7 Å². The van der Waals surface area contributed by atoms with Crippen molar-refractivity contribution in [2.24, 2.45) is 0 Å². The molecule has 164 valence electrons. The fraction of sp³-hybridized carbons (Fsp3) is 0.208. The van der Waals surface area contributed by atoms with Crippen LogP contribution >= 0.6 is 23.2 Å². The zero-order chi connectivity index (χ0) is 22.7. The molecule has 0 aromatic heterocycles. The Hall–Kier alpha value is -3.09. The highest BCUT2D eigenvalue weighted by atomic mass is 35.5. The summed E-state index contributed by atoms with van der Waals surface area (Å²) < 4.78 is 0. The van der Waals surface area contributed by atoms with Crippen molar-refractivity contribution in [2.75, 3.05) is 5.32 Å². The number of fused-ring (bicyclic) bond motifs is 1. The first-order valence-electron chi connectivity index (χ1n) is 10.3. The van der Waals surface area contributed by atoms with Crippen molar-refractivity contribution < 1.29 is 9.72 Å². The Kier molecular flexibility index (Phi) is 6.63. The molecule has 0 saturated carbocycles. The summed E-state index contributed by atoms with van der Waals surface area (Å²) in [4.78, 5) is 25.8. The molecule has 0 aliphatic heterocycles. The minimum absolute atomic E-state index is 0.0145. The molecular formula is C24H21Cl2N3O3. The first kappa shape index (κ1) is 22.1. The van der Waals surface area contributed by atoms with Gasteiger partial charge in [0.15, 0.2) is 0 Å². The lowest BCUT2D eigenvalue weighted by molar-refractivity contribution is -0.384. The number of hydrogen-bond acceptors (Lipinski definition) is 3. The Labute approximate surface area is 195 Å². The zero-order valence-corrected chi connectivity index (χ0v) is 18.6. The van der Waals surface area contributed by atoms with E-state index in [4.69, 9.17) is 23.2 Å². The highest BCUT2D eigenvalue weighted by Crippen LogP contribution is 2.36. The van der Waals surface area contributed by atoms with Crippen LogP contribution < -0.4 is 5.32 Å². The number of nitro groups is 1. The summed E-state index contributed by atoms with van der Waals surface area (Å²) in [6.07, 6.45) is 2.77. The minimum atomic E-state index is -0.436. The van der Waals surface area contributed by atoms with Crippen molar-refractivity contribution in [3.63, 3.8) is 0 Å². The Morgan fingerprint density at radius 3 is 2.56 bits per heavy atom. The number of non-ortho nitro benzene ring substituents is 1. The standard InChI is InChI=1S/C24H21Cl2N3O3/c25-18-10-13-22(21(26)14-18)27-24(30)28(15-16-8-11-19(12-9-16)29(31)32)23-7-3-5-17-4-1-2-6-20(17)23/h1-2,4,6,8-14,23H,3,5,7,15H2,(H,27,30). The number of amides is 2. The normalized spacial score (nSPS) is 15.0. The summed E-state index contributed by atoms with van der Waals surface area (Å²) in [6.45, 7) is 0.300. The number of carbonyl (C=O) groups excluding carboxylic acids is 1. The third-order valence-electron chi connectivity index (χ3n) is 5.65. The van der Waals surface area contributed by atoms with E-state index in [1.54, 1.807) is 35.2 Å². The van der Waals surface area contributed by atoms with Crippen LogP contribution in [-0.2, 0) is 13.0 Å². The maximum atomic E-state index is 13.5. The number of nitrogens with one attached hydrogen (secondary N) is 1. The van der Waals surface area contributed by atoms with Crippen LogP contribution in [0.25, 0.3) is 0 Å². The molecule has 3 aromatic rings. The van der Waals surface area contributed by atoms with Gasteiger partial charge in [-0.15, -0.1) is 0 Å². The van der Waals surface area contributed by atoms with E-state index in [-0.39, 0.29) is 17.8 Å². The number of urea groups is 1. The third kappa shape index (κ3) is 4.87. The van der Waals surface area contributed by atoms with Gasteiger partial charge < -0.3 is 10.2 Å². The van der Waals surface area contributed by atoms with E-state index in [0.717, 1.165) is 30.4 Å². The van der Waals surface area contributed by atoms with E-state index in [1.165, 1.54) is 17.7 Å². The predicted molar refractivity (Wildman–Crippen MR) is 126 cm³/mol. The lowest BCUT2D eigenvalue weighted by Crippen LogP contribution is -2.39. The highest BCUT2D eigenvalue weighted by Gasteiger charge is 2.30. The number of halogens is 2. The van der Waals surface area contributed by atoms with Crippen molar-refractivity contribution in [3.05, 3.63) is 104 Å². The number of benzene rings is 3. The molecule has 1 aliphatic carbocycles. The van der Waals surface area contributed by atoms with Crippen molar-refractivity contribution in [3.8, 4) is 0 Å². The van der Waals surface area contributed by atoms with Gasteiger partial charge in [-0.3, -0.25) is 10.1 Å². The molecule has 4 rings (SSSR count). The number of rotatable bonds is 5. The van der Waals surface area contributed by atoms with Crippen LogP contribution in [0.2, 0.25) is 10.0 Å². The average Bonchev–Trinajstić information content (AvgIpc) is 2.79. The van der Waals surface area contributed by atoms with Crippen LogP contribution in [0.3, 0.4) is 0 Å². The van der Waals surface area contributed by atoms with E-state index < -0.39 is 4.92 Å². The summed E-state index contributed by atoms with van der Waals surface area (Å²) in [5.74, 6) is 0. The van der Waals surface area contributed by atoms with Crippen LogP contribution in [0.5, 0.6) is 0 Å². The van der Waals surface area contributed by atoms with Gasteiger partial charge in [0.25, 0.3) is 5.69 Å². The van der Waals surface area contributed by atoms with E-state index >= 15 is 0 Å². The Morgan fingerprint density at radius 2 is 1.84 bits per heavy atom. The molecule has 1 atom stereocenters. The van der Waals surface area contributed by atoms with Crippen LogP contribution in [0, 0.1) is 10.1 Å². The molecular weight excluding hydrogens is 449 g/mol. The number of nitrogens with zero attached hydrogens (tertiary/aromatic N) is 2. The molecule has 0 fully saturated rings. The molecule has 0 radical (unpaired) electrons. The SMILES string of the molecule is O=C(Nc1ccc(Cl)cc1Cl)N(Cc1ccc([N+](=O)[O-])cc1)C1CCCc2ccccc21. The van der Waals surface area contributed by atoms with Gasteiger partial charge in [0.2, 0.25) is 0 Å². The Bertz CT molecular complexity index is 1150. The molecule has 0 bridgehead atoms. The number of carbonyl (C=O) groups is 1. The summed E-state index contributed by atoms with van der Waals surface area (Å²) in [5.41, 5.74) is 3.64. The van der Waals surface area contributed by atoms with Gasteiger partial charge in [0.05, 0.1) is 21.7 Å². The number of anilines is 1. The fourth-order valence-electron chi connectivity index (χ4n) is 4.07. The molecule has 32 heavy (non-hydrogen) atoms. The molecule has 2 amide bonds. The number of nitro benzene ring substituents is 1. The third-order valence-corrected chi connectivity index (χ3v) is 6.20. The number of aryl methyl sites for hydroxylation is 1. The summed E-state index contributed by atoms with van der Waals surface area (Å²) in [6, 6.07) is 18.9. The second kappa shape index (κ2) is 9.59. The van der Waals surface area contributed by atoms with Gasteiger partial charge in [-0.1, -0.05) is 59.6 Å². The molecule has 8 heteroatoms. The predicted octanol–water partition coefficient (Wildman–Crippen LogP) is 7.01. The first-order valence-corrected chi connectivity index (χ1v) is 11.0. The molecule has 6 nitrogen and oxygen atoms in total. The molecule has 1 unspecified atom stereocenters. The maximum Gasteiger partial charge on any atom is 0.322 e. The molecule has 0 spiro atoms. The van der Waals surface area contributed by atoms with E-state index in [1.807, 2.05) is 12.1 Å². The minimum Gasteiger partial charge on any atom is -0.313 e. The van der Waals surface area contributed by atoms with Crippen molar-refractivity contribution in [2.45, 2.75) is 31.8 Å². The second-order valence-electron chi connectivity index (χ2n) is 7.71. The van der Waals surface area contributed by atoms with E-state index in [9.17, 15) is 14.9 Å². The molecule has 3 aromatic carbocycles. The lowest BCUT2D eigenvalue weighted by atomic mass is 9.86. The maximum absolute atomic E-state index is 13.5. The largest absolute Gasteiger partial charge is 0.322 e. The lowest BCUT2D eigenvalue weighted by Gasteiger charge is -2.36. The summed E-state index contributed by atoms with van der Waals surface area (Å²) in [7, 11) is 0. The van der Waals surface area contributed by atoms with Gasteiger partial charge in [0.1, 0.15) is 0 Å². The van der Waals surface area contributed by atoms with E-state index in [2.05, 4.69) is 17.4 Å². The van der Waals surface area contributed by atoms with Crippen molar-refractivity contribution >= 4 is 40.6 Å². The van der Waals surface area contributed by atoms with Crippen LogP contribution in [0.4, 0.5) is 16.2 Å². The van der Waals surface area contributed by atoms with Gasteiger partial charge in [0, 0.05) is 23.7 Å². The summed E-state index contributed by atoms with van der Waals surface area (Å²) >= 11 is 12.3. The molecule has 1 aliphatic rings. The fourth-order valence-corrected chi connectivity index (χ4v) is 4.53. The van der Waals surface area contributed by atoms with Crippen molar-refractivity contribution in [1.29, 1.82) is 0 Å². The topological polar surface area (TPSA) is 75.5 Å². The van der Waals surface area contributed by atoms with Gasteiger partial charge in [-0.25, -0.2) is 4.79 Å². The first-order chi connectivity index (χ1) is 15.4. The molecule has 0 heterocycles. The monoisotopic (exact) mass is 469 g/mol. The van der Waals surface area contributed by atoms with Crippen molar-refractivity contribution in [1.82, 2.24) is 4.90 Å². The van der Waals surface area contributed by atoms with Gasteiger partial charge >= 0.3 is 6.03 Å². The van der Waals surface area contributed by atoms with E-state index in [0.29, 0.717) is 22.3 Å². The van der Waals surface area contributed by atoms with Gasteiger partial charge in [-0.05, 0) is 54.2 Å². The quantitative estimate of drug-likeness (QED) is 0.322. The molecule has 0 saturated heterocycles. The average molecular weight is 470 g/mol. The smallest absolute Gasteiger partial charge is 0.313 e. The van der Waals surface area contributed by atoms with Crippen LogP contribution in [-0.4, -0.2) is 15.9 Å². The van der Waals surface area contributed by atoms with Gasteiger partial charge in [-0.2, -0.15) is 0 Å². The highest BCUT2D eigenvalue weighted by molar-refractivity contribution is 6.36. The Morgan fingerprint density at radius 1 is 1.09 bits per heavy atom. The number of hydrogen-bond donors (Lipinski definition) is 1. The molecule has 1 N–H and O–H groups in total. The zero-order valence-electron chi connectivity index (χ0n) is 17.1. The second-order valence-corrected chi connectivity index (χ2v) is 8.56.